The van der Waals surface area contributed by atoms with Gasteiger partial charge in [-0.25, -0.2) is 4.39 Å². The molecule has 0 N–H and O–H groups in total. The fraction of sp³-hybridized carbons (Fsp3) is 0.0667. The van der Waals surface area contributed by atoms with Crippen LogP contribution in [0.5, 0.6) is 5.75 Å². The molecule has 20 heavy (non-hydrogen) atoms. The van der Waals surface area contributed by atoms with Gasteiger partial charge >= 0.3 is 0 Å². The van der Waals surface area contributed by atoms with Crippen LogP contribution < -0.4 is 4.74 Å². The molecule has 2 aromatic rings. The largest absolute Gasteiger partial charge is 0.488 e. The molecular weight excluding hydrogens is 325 g/mol. The zero-order valence-corrected chi connectivity index (χ0v) is 11.9. The van der Waals surface area contributed by atoms with Crippen LogP contribution >= 0.6 is 15.9 Å². The van der Waals surface area contributed by atoms with Crippen LogP contribution in [-0.4, -0.2) is 6.29 Å². The van der Waals surface area contributed by atoms with Crippen molar-refractivity contribution in [2.24, 2.45) is 0 Å². The second-order valence-corrected chi connectivity index (χ2v) is 4.87. The van der Waals surface area contributed by atoms with Crippen LogP contribution in [0.15, 0.2) is 40.9 Å². The lowest BCUT2D eigenvalue weighted by molar-refractivity contribution is 0.112. The van der Waals surface area contributed by atoms with Gasteiger partial charge in [0.15, 0.2) is 0 Å². The molecule has 0 amide bonds. The van der Waals surface area contributed by atoms with E-state index in [1.54, 1.807) is 18.2 Å². The SMILES string of the molecule is N#Cc1ccc(COc2ccc(C=O)cc2Br)c(F)c1. The van der Waals surface area contributed by atoms with Crippen LogP contribution in [0.1, 0.15) is 21.5 Å². The molecule has 0 aliphatic heterocycles. The average Bonchev–Trinajstić information content (AvgIpc) is 2.46. The molecule has 0 heterocycles. The smallest absolute Gasteiger partial charge is 0.150 e. The Balaban J connectivity index is 2.13. The van der Waals surface area contributed by atoms with Crippen LogP contribution in [0.3, 0.4) is 0 Å². The van der Waals surface area contributed by atoms with E-state index in [0.717, 1.165) is 6.29 Å². The summed E-state index contributed by atoms with van der Waals surface area (Å²) < 4.78 is 19.8. The molecule has 0 atom stereocenters. The van der Waals surface area contributed by atoms with Crippen molar-refractivity contribution in [2.75, 3.05) is 0 Å². The van der Waals surface area contributed by atoms with E-state index < -0.39 is 5.82 Å². The summed E-state index contributed by atoms with van der Waals surface area (Å²) in [6.07, 6.45) is 0.731. The number of hydrogen-bond acceptors (Lipinski definition) is 3. The van der Waals surface area contributed by atoms with E-state index >= 15 is 0 Å². The highest BCUT2D eigenvalue weighted by Crippen LogP contribution is 2.26. The monoisotopic (exact) mass is 333 g/mol. The number of ether oxygens (including phenoxy) is 1. The average molecular weight is 334 g/mol. The van der Waals surface area contributed by atoms with Gasteiger partial charge in [0, 0.05) is 11.1 Å². The maximum Gasteiger partial charge on any atom is 0.150 e. The molecular formula is C15H9BrFNO2. The number of halogens is 2. The molecule has 0 aromatic heterocycles. The van der Waals surface area contributed by atoms with Crippen molar-refractivity contribution in [1.29, 1.82) is 5.26 Å². The Morgan fingerprint density at radius 1 is 1.30 bits per heavy atom. The second kappa shape index (κ2) is 6.31. The molecule has 100 valence electrons. The zero-order chi connectivity index (χ0) is 14.5. The van der Waals surface area contributed by atoms with E-state index in [4.69, 9.17) is 10.00 Å². The minimum absolute atomic E-state index is 0.0383. The molecule has 2 aromatic carbocycles. The molecule has 2 rings (SSSR count). The summed E-state index contributed by atoms with van der Waals surface area (Å²) in [4.78, 5) is 10.6. The summed E-state index contributed by atoms with van der Waals surface area (Å²) in [6, 6.07) is 11.0. The van der Waals surface area contributed by atoms with E-state index in [1.807, 2.05) is 6.07 Å². The third kappa shape index (κ3) is 3.22. The fourth-order valence-corrected chi connectivity index (χ4v) is 2.11. The normalized spacial score (nSPS) is 9.85. The van der Waals surface area contributed by atoms with Crippen LogP contribution in [0.25, 0.3) is 0 Å². The number of carbonyl (C=O) groups is 1. The molecule has 0 spiro atoms. The fourth-order valence-electron chi connectivity index (χ4n) is 1.60. The molecule has 0 fully saturated rings. The van der Waals surface area contributed by atoms with Gasteiger partial charge in [-0.1, -0.05) is 6.07 Å². The van der Waals surface area contributed by atoms with Crippen LogP contribution in [0.2, 0.25) is 0 Å². The Kier molecular flexibility index (Phi) is 4.49. The van der Waals surface area contributed by atoms with Crippen molar-refractivity contribution in [3.8, 4) is 11.8 Å². The van der Waals surface area contributed by atoms with Gasteiger partial charge in [-0.05, 0) is 46.3 Å². The van der Waals surface area contributed by atoms with E-state index in [-0.39, 0.29) is 12.2 Å². The predicted molar refractivity (Wildman–Crippen MR) is 75.0 cm³/mol. The van der Waals surface area contributed by atoms with Gasteiger partial charge in [0.25, 0.3) is 0 Å². The summed E-state index contributed by atoms with van der Waals surface area (Å²) in [5, 5.41) is 8.66. The Morgan fingerprint density at radius 2 is 2.10 bits per heavy atom. The van der Waals surface area contributed by atoms with Crippen LogP contribution in [0.4, 0.5) is 4.39 Å². The lowest BCUT2D eigenvalue weighted by Crippen LogP contribution is -1.99. The number of hydrogen-bond donors (Lipinski definition) is 0. The van der Waals surface area contributed by atoms with Gasteiger partial charge in [-0.15, -0.1) is 0 Å². The first-order valence-electron chi connectivity index (χ1n) is 5.70. The van der Waals surface area contributed by atoms with Gasteiger partial charge < -0.3 is 4.74 Å². The van der Waals surface area contributed by atoms with Crippen molar-refractivity contribution >= 4 is 22.2 Å². The van der Waals surface area contributed by atoms with E-state index in [0.29, 0.717) is 21.3 Å². The molecule has 0 aliphatic carbocycles. The summed E-state index contributed by atoms with van der Waals surface area (Å²) in [6.45, 7) is 0.0383. The van der Waals surface area contributed by atoms with Gasteiger partial charge in [0.1, 0.15) is 24.5 Å². The predicted octanol–water partition coefficient (Wildman–Crippen LogP) is 3.85. The summed E-state index contributed by atoms with van der Waals surface area (Å²) in [7, 11) is 0. The Morgan fingerprint density at radius 3 is 2.70 bits per heavy atom. The van der Waals surface area contributed by atoms with Gasteiger partial charge in [-0.2, -0.15) is 5.26 Å². The minimum Gasteiger partial charge on any atom is -0.488 e. The van der Waals surface area contributed by atoms with Crippen molar-refractivity contribution in [1.82, 2.24) is 0 Å². The number of benzene rings is 2. The van der Waals surface area contributed by atoms with Gasteiger partial charge in [0.05, 0.1) is 16.1 Å². The lowest BCUT2D eigenvalue weighted by Gasteiger charge is -2.09. The third-order valence-electron chi connectivity index (χ3n) is 2.66. The van der Waals surface area contributed by atoms with E-state index in [1.165, 1.54) is 18.2 Å². The highest BCUT2D eigenvalue weighted by Gasteiger charge is 2.07. The number of nitriles is 1. The maximum absolute atomic E-state index is 13.7. The van der Waals surface area contributed by atoms with Crippen molar-refractivity contribution in [2.45, 2.75) is 6.61 Å². The first-order chi connectivity index (χ1) is 9.63. The van der Waals surface area contributed by atoms with Crippen molar-refractivity contribution in [3.63, 3.8) is 0 Å². The van der Waals surface area contributed by atoms with Crippen LogP contribution in [-0.2, 0) is 6.61 Å². The van der Waals surface area contributed by atoms with Gasteiger partial charge in [-0.3, -0.25) is 4.79 Å². The first-order valence-corrected chi connectivity index (χ1v) is 6.49. The quantitative estimate of drug-likeness (QED) is 0.798. The molecule has 5 heteroatoms. The molecule has 0 saturated carbocycles. The topological polar surface area (TPSA) is 50.1 Å². The Labute approximate surface area is 123 Å². The highest BCUT2D eigenvalue weighted by molar-refractivity contribution is 9.10. The molecule has 0 radical (unpaired) electrons. The Bertz CT molecular complexity index is 695. The number of carbonyl (C=O) groups excluding carboxylic acids is 1. The van der Waals surface area contributed by atoms with E-state index in [9.17, 15) is 9.18 Å². The molecule has 0 unspecified atom stereocenters. The third-order valence-corrected chi connectivity index (χ3v) is 3.28. The van der Waals surface area contributed by atoms with Crippen LogP contribution in [0, 0.1) is 17.1 Å². The van der Waals surface area contributed by atoms with Crippen molar-refractivity contribution in [3.05, 3.63) is 63.4 Å². The Hall–Kier alpha value is -2.19. The molecule has 3 nitrogen and oxygen atoms in total. The van der Waals surface area contributed by atoms with Gasteiger partial charge in [0.2, 0.25) is 0 Å². The number of rotatable bonds is 4. The lowest BCUT2D eigenvalue weighted by atomic mass is 10.1. The molecule has 0 saturated heterocycles. The highest BCUT2D eigenvalue weighted by atomic mass is 79.9. The van der Waals surface area contributed by atoms with E-state index in [2.05, 4.69) is 15.9 Å². The summed E-state index contributed by atoms with van der Waals surface area (Å²) in [5.74, 6) is 0.0315. The zero-order valence-electron chi connectivity index (χ0n) is 10.3. The number of nitrogens with zero attached hydrogens (tertiary/aromatic N) is 1. The number of aldehydes is 1. The molecule has 0 bridgehead atoms. The van der Waals surface area contributed by atoms with Crippen molar-refractivity contribution < 1.29 is 13.9 Å². The molecule has 0 aliphatic rings. The second-order valence-electron chi connectivity index (χ2n) is 4.01. The standard InChI is InChI=1S/C15H9BrFNO2/c16-13-5-11(8-19)2-4-15(13)20-9-12-3-1-10(7-18)6-14(12)17/h1-6,8H,9H2. The summed E-state index contributed by atoms with van der Waals surface area (Å²) in [5.41, 5.74) is 1.15. The first kappa shape index (κ1) is 14.2. The summed E-state index contributed by atoms with van der Waals surface area (Å²) >= 11 is 3.28. The minimum atomic E-state index is -0.482. The maximum atomic E-state index is 13.7.